The van der Waals surface area contributed by atoms with Gasteiger partial charge in [-0.05, 0) is 32.4 Å². The molecule has 1 aromatic carbocycles. The van der Waals surface area contributed by atoms with E-state index in [2.05, 4.69) is 10.6 Å². The van der Waals surface area contributed by atoms with Crippen LogP contribution in [0.25, 0.3) is 6.08 Å². The van der Waals surface area contributed by atoms with Crippen molar-refractivity contribution in [2.45, 2.75) is 33.2 Å². The van der Waals surface area contributed by atoms with Crippen LogP contribution < -0.4 is 20.1 Å². The molecule has 0 spiro atoms. The van der Waals surface area contributed by atoms with Gasteiger partial charge in [-0.2, -0.15) is 0 Å². The molecule has 132 valence electrons. The highest BCUT2D eigenvalue weighted by Crippen LogP contribution is 2.33. The second kappa shape index (κ2) is 9.60. The van der Waals surface area contributed by atoms with Crippen molar-refractivity contribution >= 4 is 17.9 Å². The quantitative estimate of drug-likeness (QED) is 0.765. The summed E-state index contributed by atoms with van der Waals surface area (Å²) in [5, 5.41) is 5.44. The summed E-state index contributed by atoms with van der Waals surface area (Å²) >= 11 is 0. The average molecular weight is 334 g/mol. The molecule has 0 saturated carbocycles. The van der Waals surface area contributed by atoms with Gasteiger partial charge in [0.1, 0.15) is 6.04 Å². The smallest absolute Gasteiger partial charge is 0.252 e. The first-order valence-electron chi connectivity index (χ1n) is 7.95. The van der Waals surface area contributed by atoms with Gasteiger partial charge in [0.2, 0.25) is 5.91 Å². The first kappa shape index (κ1) is 19.5. The molecule has 0 radical (unpaired) electrons. The van der Waals surface area contributed by atoms with E-state index < -0.39 is 6.04 Å². The van der Waals surface area contributed by atoms with Crippen LogP contribution in [0, 0.1) is 0 Å². The minimum atomic E-state index is -0.623. The second-order valence-corrected chi connectivity index (χ2v) is 5.29. The van der Waals surface area contributed by atoms with E-state index in [1.54, 1.807) is 26.2 Å². The molecule has 0 aromatic heterocycles. The van der Waals surface area contributed by atoms with Crippen molar-refractivity contribution in [1.82, 2.24) is 10.6 Å². The molecule has 0 heterocycles. The van der Waals surface area contributed by atoms with Gasteiger partial charge in [-0.3, -0.25) is 9.59 Å². The zero-order valence-electron chi connectivity index (χ0n) is 14.9. The van der Waals surface area contributed by atoms with Crippen molar-refractivity contribution < 1.29 is 19.1 Å². The molecule has 0 bridgehead atoms. The molecule has 24 heavy (non-hydrogen) atoms. The predicted octanol–water partition coefficient (Wildman–Crippen LogP) is 2.38. The number of carbonyl (C=O) groups excluding carboxylic acids is 2. The van der Waals surface area contributed by atoms with Crippen molar-refractivity contribution in [3.63, 3.8) is 0 Å². The maximum atomic E-state index is 12.4. The Labute approximate surface area is 143 Å². The van der Waals surface area contributed by atoms with Crippen LogP contribution in [0.3, 0.4) is 0 Å². The standard InChI is InChI=1S/C18H26N2O4/c1-6-8-13-10-14(11-15(23-4)16(13)24-5)18(22)20-12(3)17(21)19-9-7-2/h6,8,10-12H,7,9H2,1-5H3,(H,19,21)(H,20,22)/b8-6+. The number of hydrogen-bond acceptors (Lipinski definition) is 4. The van der Waals surface area contributed by atoms with E-state index in [0.29, 0.717) is 23.6 Å². The van der Waals surface area contributed by atoms with Crippen molar-refractivity contribution in [1.29, 1.82) is 0 Å². The molecular formula is C18H26N2O4. The van der Waals surface area contributed by atoms with E-state index >= 15 is 0 Å². The van der Waals surface area contributed by atoms with Gasteiger partial charge in [0.25, 0.3) is 5.91 Å². The lowest BCUT2D eigenvalue weighted by Crippen LogP contribution is -2.45. The Morgan fingerprint density at radius 1 is 1.25 bits per heavy atom. The second-order valence-electron chi connectivity index (χ2n) is 5.29. The fraction of sp³-hybridized carbons (Fsp3) is 0.444. The number of hydrogen-bond donors (Lipinski definition) is 2. The van der Waals surface area contributed by atoms with Crippen molar-refractivity contribution in [2.75, 3.05) is 20.8 Å². The summed E-state index contributed by atoms with van der Waals surface area (Å²) in [7, 11) is 3.06. The maximum Gasteiger partial charge on any atom is 0.252 e. The summed E-state index contributed by atoms with van der Waals surface area (Å²) in [4.78, 5) is 24.3. The van der Waals surface area contributed by atoms with E-state index in [0.717, 1.165) is 12.0 Å². The van der Waals surface area contributed by atoms with E-state index in [4.69, 9.17) is 9.47 Å². The Kier molecular flexibility index (Phi) is 7.82. The molecule has 0 aliphatic rings. The highest BCUT2D eigenvalue weighted by atomic mass is 16.5. The lowest BCUT2D eigenvalue weighted by atomic mass is 10.1. The molecule has 0 saturated heterocycles. The van der Waals surface area contributed by atoms with Gasteiger partial charge in [0.05, 0.1) is 14.2 Å². The Hall–Kier alpha value is -2.50. The van der Waals surface area contributed by atoms with Crippen LogP contribution in [-0.2, 0) is 4.79 Å². The number of methoxy groups -OCH3 is 2. The highest BCUT2D eigenvalue weighted by molar-refractivity contribution is 5.98. The lowest BCUT2D eigenvalue weighted by Gasteiger charge is -2.16. The summed E-state index contributed by atoms with van der Waals surface area (Å²) in [5.41, 5.74) is 1.13. The van der Waals surface area contributed by atoms with Gasteiger partial charge in [-0.15, -0.1) is 0 Å². The molecule has 1 rings (SSSR count). The van der Waals surface area contributed by atoms with Gasteiger partial charge < -0.3 is 20.1 Å². The number of nitrogens with one attached hydrogen (secondary N) is 2. The summed E-state index contributed by atoms with van der Waals surface area (Å²) in [6.07, 6.45) is 4.52. The number of rotatable bonds is 8. The molecular weight excluding hydrogens is 308 g/mol. The van der Waals surface area contributed by atoms with Gasteiger partial charge in [-0.1, -0.05) is 19.1 Å². The molecule has 0 aliphatic heterocycles. The minimum absolute atomic E-state index is 0.209. The van der Waals surface area contributed by atoms with Crippen LogP contribution >= 0.6 is 0 Å². The number of carbonyl (C=O) groups is 2. The lowest BCUT2D eigenvalue weighted by molar-refractivity contribution is -0.122. The number of ether oxygens (including phenoxy) is 2. The van der Waals surface area contributed by atoms with E-state index in [9.17, 15) is 9.59 Å². The number of amides is 2. The van der Waals surface area contributed by atoms with Crippen molar-refractivity contribution in [3.8, 4) is 11.5 Å². The van der Waals surface area contributed by atoms with E-state index in [1.807, 2.05) is 26.0 Å². The van der Waals surface area contributed by atoms with Gasteiger partial charge in [-0.25, -0.2) is 0 Å². The van der Waals surface area contributed by atoms with Crippen LogP contribution in [0.1, 0.15) is 43.1 Å². The van der Waals surface area contributed by atoms with Crippen LogP contribution in [0.5, 0.6) is 11.5 Å². The van der Waals surface area contributed by atoms with Gasteiger partial charge in [0.15, 0.2) is 11.5 Å². The van der Waals surface area contributed by atoms with Crippen molar-refractivity contribution in [2.24, 2.45) is 0 Å². The Balaban J connectivity index is 3.02. The molecule has 0 aliphatic carbocycles. The summed E-state index contributed by atoms with van der Waals surface area (Å²) in [5.74, 6) is 0.461. The molecule has 2 N–H and O–H groups in total. The Morgan fingerprint density at radius 2 is 1.96 bits per heavy atom. The molecule has 2 amide bonds. The Bertz CT molecular complexity index is 611. The van der Waals surface area contributed by atoms with Crippen LogP contribution in [0.15, 0.2) is 18.2 Å². The zero-order chi connectivity index (χ0) is 18.1. The first-order chi connectivity index (χ1) is 11.5. The maximum absolute atomic E-state index is 12.4. The third kappa shape index (κ3) is 5.01. The Morgan fingerprint density at radius 3 is 2.50 bits per heavy atom. The number of benzene rings is 1. The highest BCUT2D eigenvalue weighted by Gasteiger charge is 2.19. The third-order valence-corrected chi connectivity index (χ3v) is 3.41. The largest absolute Gasteiger partial charge is 0.493 e. The molecule has 6 heteroatoms. The monoisotopic (exact) mass is 334 g/mol. The van der Waals surface area contributed by atoms with E-state index in [1.165, 1.54) is 7.11 Å². The predicted molar refractivity (Wildman–Crippen MR) is 94.5 cm³/mol. The van der Waals surface area contributed by atoms with Crippen LogP contribution in [-0.4, -0.2) is 38.6 Å². The zero-order valence-corrected chi connectivity index (χ0v) is 14.9. The summed E-state index contributed by atoms with van der Waals surface area (Å²) in [6, 6.07) is 2.67. The molecule has 1 unspecified atom stereocenters. The first-order valence-corrected chi connectivity index (χ1v) is 7.95. The minimum Gasteiger partial charge on any atom is -0.493 e. The van der Waals surface area contributed by atoms with Crippen LogP contribution in [0.4, 0.5) is 0 Å². The molecule has 1 aromatic rings. The average Bonchev–Trinajstić information content (AvgIpc) is 2.58. The summed E-state index contributed by atoms with van der Waals surface area (Å²) in [6.45, 7) is 6.08. The fourth-order valence-corrected chi connectivity index (χ4v) is 2.18. The third-order valence-electron chi connectivity index (χ3n) is 3.41. The van der Waals surface area contributed by atoms with Crippen LogP contribution in [0.2, 0.25) is 0 Å². The molecule has 1 atom stereocenters. The SMILES string of the molecule is C/C=C/c1cc(C(=O)NC(C)C(=O)NCCC)cc(OC)c1OC. The van der Waals surface area contributed by atoms with E-state index in [-0.39, 0.29) is 11.8 Å². The normalized spacial score (nSPS) is 11.9. The molecule has 0 fully saturated rings. The summed E-state index contributed by atoms with van der Waals surface area (Å²) < 4.78 is 10.6. The van der Waals surface area contributed by atoms with Crippen molar-refractivity contribution in [3.05, 3.63) is 29.3 Å². The molecule has 6 nitrogen and oxygen atoms in total. The topological polar surface area (TPSA) is 76.7 Å². The number of allylic oxidation sites excluding steroid dienone is 1. The van der Waals surface area contributed by atoms with Gasteiger partial charge >= 0.3 is 0 Å². The van der Waals surface area contributed by atoms with Gasteiger partial charge in [0, 0.05) is 17.7 Å². The fourth-order valence-electron chi connectivity index (χ4n) is 2.18.